The molecule has 2 heterocycles. The highest BCUT2D eigenvalue weighted by Gasteiger charge is 2.02. The average Bonchev–Trinajstić information content (AvgIpc) is 2.53. The molecule has 3 nitrogen and oxygen atoms in total. The van der Waals surface area contributed by atoms with Crippen LogP contribution in [0.1, 0.15) is 11.1 Å². The van der Waals surface area contributed by atoms with Gasteiger partial charge in [0.1, 0.15) is 0 Å². The molecule has 0 amide bonds. The molecule has 20 heavy (non-hydrogen) atoms. The van der Waals surface area contributed by atoms with Crippen LogP contribution in [-0.2, 0) is 0 Å². The van der Waals surface area contributed by atoms with Crippen molar-refractivity contribution >= 4 is 23.2 Å². The maximum atomic E-state index is 5.18. The van der Waals surface area contributed by atoms with Gasteiger partial charge in [0.15, 0.2) is 0 Å². The van der Waals surface area contributed by atoms with Crippen LogP contribution in [0.5, 0.6) is 5.88 Å². The molecule has 98 valence electrons. The summed E-state index contributed by atoms with van der Waals surface area (Å²) in [5.74, 6) is 0.597. The standard InChI is InChI=1S/C17H14N2O/c1-20-16-10-9-15-17(19-16)14(11-12-18-15)8-7-13-5-3-2-4-6-13/h2-12H,1H3. The van der Waals surface area contributed by atoms with Crippen LogP contribution < -0.4 is 4.74 Å². The first kappa shape index (κ1) is 12.4. The van der Waals surface area contributed by atoms with Crippen LogP contribution in [0, 0.1) is 0 Å². The van der Waals surface area contributed by atoms with Crippen molar-refractivity contribution in [3.8, 4) is 5.88 Å². The molecule has 0 bridgehead atoms. The van der Waals surface area contributed by atoms with E-state index in [1.165, 1.54) is 0 Å². The van der Waals surface area contributed by atoms with Gasteiger partial charge >= 0.3 is 0 Å². The second-order valence-corrected chi connectivity index (χ2v) is 4.37. The van der Waals surface area contributed by atoms with E-state index in [9.17, 15) is 0 Å². The van der Waals surface area contributed by atoms with Gasteiger partial charge in [0.2, 0.25) is 5.88 Å². The first-order chi connectivity index (χ1) is 9.86. The van der Waals surface area contributed by atoms with Gasteiger partial charge in [-0.3, -0.25) is 4.98 Å². The van der Waals surface area contributed by atoms with Crippen LogP contribution >= 0.6 is 0 Å². The molecule has 3 aromatic rings. The largest absolute Gasteiger partial charge is 0.481 e. The third-order valence-corrected chi connectivity index (χ3v) is 3.05. The Labute approximate surface area is 117 Å². The van der Waals surface area contributed by atoms with Crippen LogP contribution in [0.4, 0.5) is 0 Å². The van der Waals surface area contributed by atoms with Crippen molar-refractivity contribution in [2.45, 2.75) is 0 Å². The van der Waals surface area contributed by atoms with Crippen LogP contribution in [-0.4, -0.2) is 17.1 Å². The molecule has 0 aliphatic heterocycles. The van der Waals surface area contributed by atoms with Crippen molar-refractivity contribution in [2.24, 2.45) is 0 Å². The minimum Gasteiger partial charge on any atom is -0.481 e. The first-order valence-corrected chi connectivity index (χ1v) is 6.40. The summed E-state index contributed by atoms with van der Waals surface area (Å²) in [7, 11) is 1.62. The van der Waals surface area contributed by atoms with E-state index in [4.69, 9.17) is 4.74 Å². The number of benzene rings is 1. The maximum Gasteiger partial charge on any atom is 0.213 e. The number of ether oxygens (including phenoxy) is 1. The number of fused-ring (bicyclic) bond motifs is 1. The Morgan fingerprint density at radius 2 is 1.80 bits per heavy atom. The monoisotopic (exact) mass is 262 g/mol. The van der Waals surface area contributed by atoms with E-state index in [1.807, 2.05) is 42.5 Å². The third kappa shape index (κ3) is 2.52. The van der Waals surface area contributed by atoms with E-state index in [0.29, 0.717) is 5.88 Å². The summed E-state index contributed by atoms with van der Waals surface area (Å²) in [5.41, 5.74) is 3.89. The molecule has 0 spiro atoms. The Morgan fingerprint density at radius 1 is 0.950 bits per heavy atom. The quantitative estimate of drug-likeness (QED) is 0.720. The number of methoxy groups -OCH3 is 1. The molecule has 0 aliphatic rings. The van der Waals surface area contributed by atoms with Gasteiger partial charge in [-0.2, -0.15) is 0 Å². The summed E-state index contributed by atoms with van der Waals surface area (Å²) in [6, 6.07) is 15.9. The fraction of sp³-hybridized carbons (Fsp3) is 0.0588. The lowest BCUT2D eigenvalue weighted by molar-refractivity contribution is 0.399. The Morgan fingerprint density at radius 3 is 2.60 bits per heavy atom. The molecule has 0 N–H and O–H groups in total. The molecule has 0 saturated heterocycles. The fourth-order valence-corrected chi connectivity index (χ4v) is 2.03. The summed E-state index contributed by atoms with van der Waals surface area (Å²) < 4.78 is 5.18. The highest BCUT2D eigenvalue weighted by atomic mass is 16.5. The van der Waals surface area contributed by atoms with E-state index in [2.05, 4.69) is 28.2 Å². The lowest BCUT2D eigenvalue weighted by Gasteiger charge is -2.03. The van der Waals surface area contributed by atoms with Crippen molar-refractivity contribution in [1.29, 1.82) is 0 Å². The predicted octanol–water partition coefficient (Wildman–Crippen LogP) is 3.81. The van der Waals surface area contributed by atoms with Gasteiger partial charge < -0.3 is 4.74 Å². The molecule has 2 aromatic heterocycles. The maximum absolute atomic E-state index is 5.18. The van der Waals surface area contributed by atoms with E-state index in [0.717, 1.165) is 22.2 Å². The highest BCUT2D eigenvalue weighted by Crippen LogP contribution is 2.20. The minimum atomic E-state index is 0.597. The fourth-order valence-electron chi connectivity index (χ4n) is 2.03. The molecule has 1 aromatic carbocycles. The third-order valence-electron chi connectivity index (χ3n) is 3.05. The number of pyridine rings is 2. The van der Waals surface area contributed by atoms with Gasteiger partial charge in [0, 0.05) is 17.8 Å². The van der Waals surface area contributed by atoms with Crippen LogP contribution in [0.2, 0.25) is 0 Å². The molecule has 0 aliphatic carbocycles. The number of aromatic nitrogens is 2. The zero-order valence-corrected chi connectivity index (χ0v) is 11.2. The molecular weight excluding hydrogens is 248 g/mol. The Hall–Kier alpha value is -2.68. The Balaban J connectivity index is 2.05. The summed E-state index contributed by atoms with van der Waals surface area (Å²) in [6.07, 6.45) is 5.91. The molecule has 3 rings (SSSR count). The molecule has 3 heteroatoms. The molecule has 0 saturated carbocycles. The Kier molecular flexibility index (Phi) is 3.42. The van der Waals surface area contributed by atoms with E-state index in [-0.39, 0.29) is 0 Å². The van der Waals surface area contributed by atoms with E-state index < -0.39 is 0 Å². The summed E-state index contributed by atoms with van der Waals surface area (Å²) in [6.45, 7) is 0. The van der Waals surface area contributed by atoms with Crippen LogP contribution in [0.3, 0.4) is 0 Å². The lowest BCUT2D eigenvalue weighted by Crippen LogP contribution is -1.91. The van der Waals surface area contributed by atoms with Crippen LogP contribution in [0.25, 0.3) is 23.2 Å². The van der Waals surface area contributed by atoms with Crippen molar-refractivity contribution in [2.75, 3.05) is 7.11 Å². The van der Waals surface area contributed by atoms with Gasteiger partial charge in [-0.15, -0.1) is 0 Å². The zero-order valence-electron chi connectivity index (χ0n) is 11.2. The second kappa shape index (κ2) is 5.53. The molecular formula is C17H14N2O. The SMILES string of the molecule is COc1ccc2nccc(C=Cc3ccccc3)c2n1. The number of hydrogen-bond acceptors (Lipinski definition) is 3. The Bertz CT molecular complexity index is 751. The van der Waals surface area contributed by atoms with Crippen molar-refractivity contribution in [3.63, 3.8) is 0 Å². The summed E-state index contributed by atoms with van der Waals surface area (Å²) >= 11 is 0. The van der Waals surface area contributed by atoms with Crippen molar-refractivity contribution < 1.29 is 4.74 Å². The van der Waals surface area contributed by atoms with E-state index >= 15 is 0 Å². The molecule has 0 atom stereocenters. The zero-order chi connectivity index (χ0) is 13.8. The number of hydrogen-bond donors (Lipinski definition) is 0. The number of nitrogens with zero attached hydrogens (tertiary/aromatic N) is 2. The van der Waals surface area contributed by atoms with E-state index in [1.54, 1.807) is 13.3 Å². The van der Waals surface area contributed by atoms with Gasteiger partial charge in [-0.25, -0.2) is 4.98 Å². The minimum absolute atomic E-state index is 0.597. The lowest BCUT2D eigenvalue weighted by atomic mass is 10.1. The highest BCUT2D eigenvalue weighted by molar-refractivity contribution is 5.87. The normalized spacial score (nSPS) is 11.1. The summed E-state index contributed by atoms with van der Waals surface area (Å²) in [4.78, 5) is 8.79. The average molecular weight is 262 g/mol. The summed E-state index contributed by atoms with van der Waals surface area (Å²) in [5, 5.41) is 0. The van der Waals surface area contributed by atoms with Gasteiger partial charge in [-0.1, -0.05) is 42.5 Å². The second-order valence-electron chi connectivity index (χ2n) is 4.37. The van der Waals surface area contributed by atoms with Crippen molar-refractivity contribution in [1.82, 2.24) is 9.97 Å². The topological polar surface area (TPSA) is 35.0 Å². The van der Waals surface area contributed by atoms with Gasteiger partial charge in [0.05, 0.1) is 18.1 Å². The first-order valence-electron chi connectivity index (χ1n) is 6.40. The molecule has 0 fully saturated rings. The molecule has 0 unspecified atom stereocenters. The predicted molar refractivity (Wildman–Crippen MR) is 81.5 cm³/mol. The van der Waals surface area contributed by atoms with Crippen LogP contribution in [0.15, 0.2) is 54.7 Å². The number of rotatable bonds is 3. The van der Waals surface area contributed by atoms with Crippen molar-refractivity contribution in [3.05, 3.63) is 65.9 Å². The smallest absolute Gasteiger partial charge is 0.213 e. The van der Waals surface area contributed by atoms with Gasteiger partial charge in [0.25, 0.3) is 0 Å². The van der Waals surface area contributed by atoms with Gasteiger partial charge in [-0.05, 0) is 17.7 Å². The molecule has 0 radical (unpaired) electrons.